The lowest BCUT2D eigenvalue weighted by Crippen LogP contribution is -2.04. The van der Waals surface area contributed by atoms with Gasteiger partial charge in [0.1, 0.15) is 5.75 Å². The molecule has 0 aliphatic rings. The first-order valence-corrected chi connectivity index (χ1v) is 6.57. The van der Waals surface area contributed by atoms with E-state index in [1.165, 1.54) is 0 Å². The molecule has 0 saturated heterocycles. The third-order valence-electron chi connectivity index (χ3n) is 3.32. The van der Waals surface area contributed by atoms with Gasteiger partial charge in [-0.3, -0.25) is 5.32 Å². The average molecular weight is 281 g/mol. The first-order chi connectivity index (χ1) is 10.0. The van der Waals surface area contributed by atoms with Crippen LogP contribution >= 0.6 is 0 Å². The quantitative estimate of drug-likeness (QED) is 0.751. The Bertz CT molecular complexity index is 832. The SMILES string of the molecule is Cc1cnc(Nc2nc(C)c3ccc(O)cc3n2)nc1C. The Morgan fingerprint density at radius 2 is 1.71 bits per heavy atom. The Morgan fingerprint density at radius 3 is 2.48 bits per heavy atom. The van der Waals surface area contributed by atoms with Crippen molar-refractivity contribution < 1.29 is 5.11 Å². The van der Waals surface area contributed by atoms with Crippen LogP contribution in [0.25, 0.3) is 10.9 Å². The van der Waals surface area contributed by atoms with Crippen molar-refractivity contribution in [1.29, 1.82) is 0 Å². The lowest BCUT2D eigenvalue weighted by molar-refractivity contribution is 0.476. The van der Waals surface area contributed by atoms with Gasteiger partial charge in [0.05, 0.1) is 11.2 Å². The lowest BCUT2D eigenvalue weighted by Gasteiger charge is -2.08. The van der Waals surface area contributed by atoms with Crippen molar-refractivity contribution in [2.24, 2.45) is 0 Å². The Labute approximate surface area is 121 Å². The van der Waals surface area contributed by atoms with Crippen LogP contribution < -0.4 is 5.32 Å². The number of nitrogens with zero attached hydrogens (tertiary/aromatic N) is 4. The first-order valence-electron chi connectivity index (χ1n) is 6.57. The van der Waals surface area contributed by atoms with Gasteiger partial charge < -0.3 is 5.11 Å². The van der Waals surface area contributed by atoms with Gasteiger partial charge in [0.25, 0.3) is 0 Å². The summed E-state index contributed by atoms with van der Waals surface area (Å²) in [7, 11) is 0. The lowest BCUT2D eigenvalue weighted by atomic mass is 10.2. The normalized spacial score (nSPS) is 10.8. The molecule has 0 unspecified atom stereocenters. The molecule has 6 heteroatoms. The molecule has 2 heterocycles. The van der Waals surface area contributed by atoms with Crippen molar-refractivity contribution in [3.8, 4) is 5.75 Å². The topological polar surface area (TPSA) is 83.8 Å². The number of fused-ring (bicyclic) bond motifs is 1. The van der Waals surface area contributed by atoms with Gasteiger partial charge >= 0.3 is 0 Å². The maximum Gasteiger partial charge on any atom is 0.230 e. The minimum atomic E-state index is 0.175. The summed E-state index contributed by atoms with van der Waals surface area (Å²) in [6.45, 7) is 5.78. The number of phenolic OH excluding ortho intramolecular Hbond substituents is 1. The summed E-state index contributed by atoms with van der Waals surface area (Å²) < 4.78 is 0. The number of aromatic nitrogens is 4. The molecule has 0 spiro atoms. The van der Waals surface area contributed by atoms with E-state index < -0.39 is 0 Å². The fraction of sp³-hybridized carbons (Fsp3) is 0.200. The Morgan fingerprint density at radius 1 is 0.952 bits per heavy atom. The summed E-state index contributed by atoms with van der Waals surface area (Å²) in [4.78, 5) is 17.3. The molecule has 0 atom stereocenters. The standard InChI is InChI=1S/C15H15N5O/c1-8-7-16-14(17-9(8)2)20-15-18-10(3)12-5-4-11(21)6-13(12)19-15/h4-7,21H,1-3H3,(H,16,17,18,19,20). The molecule has 21 heavy (non-hydrogen) atoms. The minimum absolute atomic E-state index is 0.175. The number of aryl methyl sites for hydroxylation is 3. The Hall–Kier alpha value is -2.76. The molecular weight excluding hydrogens is 266 g/mol. The van der Waals surface area contributed by atoms with Crippen LogP contribution in [0.1, 0.15) is 17.0 Å². The fourth-order valence-corrected chi connectivity index (χ4v) is 2.02. The van der Waals surface area contributed by atoms with E-state index in [1.54, 1.807) is 24.4 Å². The third-order valence-corrected chi connectivity index (χ3v) is 3.32. The number of hydrogen-bond donors (Lipinski definition) is 2. The summed E-state index contributed by atoms with van der Waals surface area (Å²) in [5.74, 6) is 1.04. The highest BCUT2D eigenvalue weighted by Crippen LogP contribution is 2.22. The van der Waals surface area contributed by atoms with Crippen molar-refractivity contribution in [2.45, 2.75) is 20.8 Å². The van der Waals surface area contributed by atoms with Gasteiger partial charge in [-0.15, -0.1) is 0 Å². The number of aromatic hydroxyl groups is 1. The van der Waals surface area contributed by atoms with Crippen LogP contribution in [0.5, 0.6) is 5.75 Å². The van der Waals surface area contributed by atoms with Gasteiger partial charge in [-0.05, 0) is 38.5 Å². The van der Waals surface area contributed by atoms with Crippen LogP contribution in [0.2, 0.25) is 0 Å². The molecule has 0 radical (unpaired) electrons. The third kappa shape index (κ3) is 2.60. The molecule has 0 aliphatic carbocycles. The van der Waals surface area contributed by atoms with Crippen LogP contribution in [0.4, 0.5) is 11.9 Å². The second kappa shape index (κ2) is 4.97. The zero-order valence-electron chi connectivity index (χ0n) is 12.0. The number of anilines is 2. The van der Waals surface area contributed by atoms with Crippen molar-refractivity contribution >= 4 is 22.8 Å². The van der Waals surface area contributed by atoms with Crippen molar-refractivity contribution in [2.75, 3.05) is 5.32 Å². The number of hydrogen-bond acceptors (Lipinski definition) is 6. The van der Waals surface area contributed by atoms with E-state index >= 15 is 0 Å². The Kier molecular flexibility index (Phi) is 3.13. The van der Waals surface area contributed by atoms with E-state index in [-0.39, 0.29) is 5.75 Å². The fourth-order valence-electron chi connectivity index (χ4n) is 2.02. The molecule has 0 amide bonds. The van der Waals surface area contributed by atoms with Crippen LogP contribution in [-0.2, 0) is 0 Å². The van der Waals surface area contributed by atoms with Gasteiger partial charge in [0.2, 0.25) is 11.9 Å². The van der Waals surface area contributed by atoms with E-state index in [0.717, 1.165) is 22.3 Å². The number of nitrogens with one attached hydrogen (secondary N) is 1. The largest absolute Gasteiger partial charge is 0.508 e. The summed E-state index contributed by atoms with van der Waals surface area (Å²) in [6, 6.07) is 5.03. The van der Waals surface area contributed by atoms with Crippen molar-refractivity contribution in [3.63, 3.8) is 0 Å². The van der Waals surface area contributed by atoms with E-state index in [1.807, 2.05) is 20.8 Å². The maximum atomic E-state index is 9.56. The van der Waals surface area contributed by atoms with Crippen LogP contribution in [-0.4, -0.2) is 25.0 Å². The molecule has 106 valence electrons. The highest BCUT2D eigenvalue weighted by atomic mass is 16.3. The van der Waals surface area contributed by atoms with Gasteiger partial charge in [0, 0.05) is 23.3 Å². The van der Waals surface area contributed by atoms with Gasteiger partial charge in [-0.1, -0.05) is 0 Å². The van der Waals surface area contributed by atoms with E-state index in [2.05, 4.69) is 25.3 Å². The zero-order valence-corrected chi connectivity index (χ0v) is 12.0. The van der Waals surface area contributed by atoms with Crippen LogP contribution in [0.3, 0.4) is 0 Å². The highest BCUT2D eigenvalue weighted by Gasteiger charge is 2.07. The number of rotatable bonds is 2. The summed E-state index contributed by atoms with van der Waals surface area (Å²) in [6.07, 6.45) is 1.75. The monoisotopic (exact) mass is 281 g/mol. The van der Waals surface area contributed by atoms with E-state index in [4.69, 9.17) is 0 Å². The van der Waals surface area contributed by atoms with E-state index in [0.29, 0.717) is 17.4 Å². The molecule has 0 bridgehead atoms. The van der Waals surface area contributed by atoms with Crippen molar-refractivity contribution in [1.82, 2.24) is 19.9 Å². The molecule has 2 N–H and O–H groups in total. The minimum Gasteiger partial charge on any atom is -0.508 e. The molecular formula is C15H15N5O. The van der Waals surface area contributed by atoms with Crippen LogP contribution in [0, 0.1) is 20.8 Å². The predicted octanol–water partition coefficient (Wildman–Crippen LogP) is 2.79. The smallest absolute Gasteiger partial charge is 0.230 e. The Balaban J connectivity index is 2.02. The first kappa shape index (κ1) is 13.2. The molecule has 0 saturated carbocycles. The second-order valence-corrected chi connectivity index (χ2v) is 4.92. The highest BCUT2D eigenvalue weighted by molar-refractivity contribution is 5.83. The van der Waals surface area contributed by atoms with Gasteiger partial charge in [0.15, 0.2) is 0 Å². The maximum absolute atomic E-state index is 9.56. The van der Waals surface area contributed by atoms with Gasteiger partial charge in [-0.2, -0.15) is 0 Å². The molecule has 1 aromatic carbocycles. The molecule has 2 aromatic heterocycles. The molecule has 0 aliphatic heterocycles. The zero-order chi connectivity index (χ0) is 15.0. The van der Waals surface area contributed by atoms with E-state index in [9.17, 15) is 5.11 Å². The average Bonchev–Trinajstić information content (AvgIpc) is 2.42. The number of phenols is 1. The number of benzene rings is 1. The molecule has 6 nitrogen and oxygen atoms in total. The molecule has 3 aromatic rings. The summed E-state index contributed by atoms with van der Waals surface area (Å²) in [5, 5.41) is 13.5. The second-order valence-electron chi connectivity index (χ2n) is 4.92. The van der Waals surface area contributed by atoms with Crippen molar-refractivity contribution in [3.05, 3.63) is 41.3 Å². The summed E-state index contributed by atoms with van der Waals surface area (Å²) in [5.41, 5.74) is 3.43. The summed E-state index contributed by atoms with van der Waals surface area (Å²) >= 11 is 0. The van der Waals surface area contributed by atoms with Gasteiger partial charge in [-0.25, -0.2) is 19.9 Å². The predicted molar refractivity (Wildman–Crippen MR) is 80.7 cm³/mol. The molecule has 0 fully saturated rings. The molecule has 3 rings (SSSR count). The van der Waals surface area contributed by atoms with Crippen LogP contribution in [0.15, 0.2) is 24.4 Å².